The zero-order chi connectivity index (χ0) is 13.0. The van der Waals surface area contributed by atoms with Crippen molar-refractivity contribution in [2.24, 2.45) is 0 Å². The van der Waals surface area contributed by atoms with Crippen LogP contribution in [0.5, 0.6) is 0 Å². The lowest BCUT2D eigenvalue weighted by Gasteiger charge is -2.19. The van der Waals surface area contributed by atoms with E-state index in [4.69, 9.17) is 11.6 Å². The van der Waals surface area contributed by atoms with Gasteiger partial charge in [0.2, 0.25) is 0 Å². The van der Waals surface area contributed by atoms with Crippen molar-refractivity contribution < 1.29 is 5.11 Å². The summed E-state index contributed by atoms with van der Waals surface area (Å²) in [4.78, 5) is 0. The Balaban J connectivity index is 2.23. The summed E-state index contributed by atoms with van der Waals surface area (Å²) in [6, 6.07) is 15.1. The van der Waals surface area contributed by atoms with Crippen molar-refractivity contribution in [3.63, 3.8) is 0 Å². The van der Waals surface area contributed by atoms with Crippen LogP contribution in [0, 0.1) is 0 Å². The van der Waals surface area contributed by atoms with Gasteiger partial charge in [-0.25, -0.2) is 0 Å². The molecule has 0 saturated carbocycles. The summed E-state index contributed by atoms with van der Waals surface area (Å²) in [7, 11) is 0. The molecule has 0 aliphatic carbocycles. The van der Waals surface area contributed by atoms with Gasteiger partial charge < -0.3 is 10.4 Å². The first kappa shape index (κ1) is 13.4. The second-order valence-electron chi connectivity index (χ2n) is 3.91. The van der Waals surface area contributed by atoms with Crippen LogP contribution in [-0.4, -0.2) is 11.7 Å². The highest BCUT2D eigenvalue weighted by Crippen LogP contribution is 2.27. The Labute approximate surface area is 120 Å². The summed E-state index contributed by atoms with van der Waals surface area (Å²) in [6.45, 7) is 0.00166. The third-order valence-corrected chi connectivity index (χ3v) is 3.56. The number of rotatable bonds is 4. The molecule has 18 heavy (non-hydrogen) atoms. The van der Waals surface area contributed by atoms with Crippen molar-refractivity contribution in [1.82, 2.24) is 0 Å². The summed E-state index contributed by atoms with van der Waals surface area (Å²) >= 11 is 9.43. The first-order chi connectivity index (χ1) is 8.70. The third-order valence-electron chi connectivity index (χ3n) is 2.64. The minimum absolute atomic E-state index is 0.00166. The van der Waals surface area contributed by atoms with E-state index >= 15 is 0 Å². The SMILES string of the molecule is OCC(Nc1ccccc1Br)c1cccc(Cl)c1. The van der Waals surface area contributed by atoms with Crippen molar-refractivity contribution in [2.75, 3.05) is 11.9 Å². The molecule has 2 N–H and O–H groups in total. The van der Waals surface area contributed by atoms with E-state index in [1.807, 2.05) is 48.5 Å². The van der Waals surface area contributed by atoms with Crippen molar-refractivity contribution in [3.05, 3.63) is 63.6 Å². The molecule has 0 spiro atoms. The highest BCUT2D eigenvalue weighted by atomic mass is 79.9. The average Bonchev–Trinajstić information content (AvgIpc) is 2.38. The summed E-state index contributed by atoms with van der Waals surface area (Å²) in [6.07, 6.45) is 0. The number of hydrogen-bond acceptors (Lipinski definition) is 2. The van der Waals surface area contributed by atoms with Gasteiger partial charge in [0.05, 0.1) is 12.6 Å². The Hall–Kier alpha value is -1.03. The number of anilines is 1. The van der Waals surface area contributed by atoms with Crippen molar-refractivity contribution in [2.45, 2.75) is 6.04 Å². The van der Waals surface area contributed by atoms with Gasteiger partial charge in [0.25, 0.3) is 0 Å². The van der Waals surface area contributed by atoms with Crippen LogP contribution in [0.25, 0.3) is 0 Å². The molecule has 0 amide bonds. The molecule has 0 heterocycles. The molecule has 0 aliphatic heterocycles. The zero-order valence-corrected chi connectivity index (χ0v) is 11.9. The molecule has 4 heteroatoms. The lowest BCUT2D eigenvalue weighted by atomic mass is 10.1. The van der Waals surface area contributed by atoms with E-state index in [1.165, 1.54) is 0 Å². The summed E-state index contributed by atoms with van der Waals surface area (Å²) in [5.74, 6) is 0. The van der Waals surface area contributed by atoms with Gasteiger partial charge in [-0.2, -0.15) is 0 Å². The largest absolute Gasteiger partial charge is 0.394 e. The van der Waals surface area contributed by atoms with Crippen LogP contribution < -0.4 is 5.32 Å². The maximum atomic E-state index is 9.50. The number of nitrogens with one attached hydrogen (secondary N) is 1. The van der Waals surface area contributed by atoms with Gasteiger partial charge in [-0.15, -0.1) is 0 Å². The number of benzene rings is 2. The van der Waals surface area contributed by atoms with E-state index in [9.17, 15) is 5.11 Å². The Morgan fingerprint density at radius 2 is 1.94 bits per heavy atom. The molecule has 94 valence electrons. The van der Waals surface area contributed by atoms with Crippen LogP contribution in [-0.2, 0) is 0 Å². The van der Waals surface area contributed by atoms with E-state index in [-0.39, 0.29) is 12.6 Å². The number of aliphatic hydroxyl groups is 1. The molecule has 2 aromatic carbocycles. The van der Waals surface area contributed by atoms with Gasteiger partial charge in [-0.3, -0.25) is 0 Å². The van der Waals surface area contributed by atoms with Gasteiger partial charge in [-0.05, 0) is 45.8 Å². The Morgan fingerprint density at radius 1 is 1.17 bits per heavy atom. The maximum Gasteiger partial charge on any atom is 0.0745 e. The highest BCUT2D eigenvalue weighted by Gasteiger charge is 2.11. The maximum absolute atomic E-state index is 9.50. The number of halogens is 2. The predicted molar refractivity (Wildman–Crippen MR) is 79.0 cm³/mol. The molecule has 0 aromatic heterocycles. The van der Waals surface area contributed by atoms with E-state index in [1.54, 1.807) is 0 Å². The fourth-order valence-corrected chi connectivity index (χ4v) is 2.32. The van der Waals surface area contributed by atoms with Gasteiger partial charge in [-0.1, -0.05) is 35.9 Å². The molecule has 1 unspecified atom stereocenters. The standard InChI is InChI=1S/C14H13BrClNO/c15-12-6-1-2-7-13(12)17-14(9-18)10-4-3-5-11(16)8-10/h1-8,14,17-18H,9H2. The van der Waals surface area contributed by atoms with Crippen molar-refractivity contribution in [3.8, 4) is 0 Å². The normalized spacial score (nSPS) is 12.2. The number of aliphatic hydroxyl groups excluding tert-OH is 1. The second-order valence-corrected chi connectivity index (χ2v) is 5.21. The van der Waals surface area contributed by atoms with Crippen molar-refractivity contribution >= 4 is 33.2 Å². The molecular weight excluding hydrogens is 314 g/mol. The number of hydrogen-bond donors (Lipinski definition) is 2. The quantitative estimate of drug-likeness (QED) is 0.880. The van der Waals surface area contributed by atoms with Gasteiger partial charge in [0.1, 0.15) is 0 Å². The van der Waals surface area contributed by atoms with Gasteiger partial charge in [0, 0.05) is 15.2 Å². The monoisotopic (exact) mass is 325 g/mol. The molecule has 2 rings (SSSR count). The molecule has 0 aliphatic rings. The molecule has 0 saturated heterocycles. The van der Waals surface area contributed by atoms with E-state index in [0.29, 0.717) is 5.02 Å². The highest BCUT2D eigenvalue weighted by molar-refractivity contribution is 9.10. The van der Waals surface area contributed by atoms with E-state index < -0.39 is 0 Å². The molecule has 1 atom stereocenters. The summed E-state index contributed by atoms with van der Waals surface area (Å²) in [5.41, 5.74) is 1.90. The third kappa shape index (κ3) is 3.25. The fraction of sp³-hybridized carbons (Fsp3) is 0.143. The van der Waals surface area contributed by atoms with Crippen LogP contribution in [0.3, 0.4) is 0 Å². The van der Waals surface area contributed by atoms with Gasteiger partial charge in [0.15, 0.2) is 0 Å². The van der Waals surface area contributed by atoms with Crippen LogP contribution in [0.1, 0.15) is 11.6 Å². The first-order valence-electron chi connectivity index (χ1n) is 5.58. The van der Waals surface area contributed by atoms with E-state index in [2.05, 4.69) is 21.2 Å². The Kier molecular flexibility index (Phi) is 4.64. The Bertz CT molecular complexity index is 533. The fourth-order valence-electron chi connectivity index (χ4n) is 1.72. The molecular formula is C14H13BrClNO. The number of para-hydroxylation sites is 1. The van der Waals surface area contributed by atoms with Crippen LogP contribution >= 0.6 is 27.5 Å². The minimum atomic E-state index is -0.178. The lowest BCUT2D eigenvalue weighted by molar-refractivity contribution is 0.276. The summed E-state index contributed by atoms with van der Waals surface area (Å²) in [5, 5.41) is 13.5. The van der Waals surface area contributed by atoms with Gasteiger partial charge >= 0.3 is 0 Å². The molecule has 2 aromatic rings. The van der Waals surface area contributed by atoms with E-state index in [0.717, 1.165) is 15.7 Å². The van der Waals surface area contributed by atoms with Crippen molar-refractivity contribution in [1.29, 1.82) is 0 Å². The second kappa shape index (κ2) is 6.23. The van der Waals surface area contributed by atoms with Crippen LogP contribution in [0.4, 0.5) is 5.69 Å². The van der Waals surface area contributed by atoms with Crippen LogP contribution in [0.15, 0.2) is 53.0 Å². The zero-order valence-electron chi connectivity index (χ0n) is 9.61. The predicted octanol–water partition coefficient (Wildman–Crippen LogP) is 4.25. The Morgan fingerprint density at radius 3 is 2.61 bits per heavy atom. The molecule has 0 bridgehead atoms. The molecule has 0 fully saturated rings. The minimum Gasteiger partial charge on any atom is -0.394 e. The topological polar surface area (TPSA) is 32.3 Å². The first-order valence-corrected chi connectivity index (χ1v) is 6.75. The lowest BCUT2D eigenvalue weighted by Crippen LogP contribution is -2.15. The summed E-state index contributed by atoms with van der Waals surface area (Å²) < 4.78 is 0.963. The van der Waals surface area contributed by atoms with Crippen LogP contribution in [0.2, 0.25) is 5.02 Å². The molecule has 0 radical (unpaired) electrons. The molecule has 2 nitrogen and oxygen atoms in total. The smallest absolute Gasteiger partial charge is 0.0745 e. The average molecular weight is 327 g/mol.